The molecule has 0 saturated heterocycles. The Labute approximate surface area is 208 Å². The van der Waals surface area contributed by atoms with E-state index in [0.717, 1.165) is 30.2 Å². The topological polar surface area (TPSA) is 35.5 Å². The van der Waals surface area contributed by atoms with E-state index in [1.165, 1.54) is 17.7 Å². The Balaban J connectivity index is 1.48. The van der Waals surface area contributed by atoms with Crippen molar-refractivity contribution in [3.63, 3.8) is 0 Å². The summed E-state index contributed by atoms with van der Waals surface area (Å²) in [7, 11) is 0. The first-order valence-corrected chi connectivity index (χ1v) is 11.6. The molecule has 184 valence electrons. The zero-order valence-electron chi connectivity index (χ0n) is 19.9. The maximum Gasteiger partial charge on any atom is 0.349 e. The van der Waals surface area contributed by atoms with Crippen molar-refractivity contribution in [1.29, 1.82) is 0 Å². The van der Waals surface area contributed by atoms with Crippen LogP contribution in [0.2, 0.25) is 0 Å². The Bertz CT molecular complexity index is 1330. The van der Waals surface area contributed by atoms with Crippen molar-refractivity contribution < 1.29 is 27.4 Å². The van der Waals surface area contributed by atoms with Crippen LogP contribution >= 0.6 is 0 Å². The second-order valence-electron chi connectivity index (χ2n) is 8.44. The van der Waals surface area contributed by atoms with Crippen LogP contribution < -0.4 is 9.47 Å². The Morgan fingerprint density at radius 1 is 0.806 bits per heavy atom. The smallest absolute Gasteiger partial charge is 0.349 e. The highest BCUT2D eigenvalue weighted by atomic mass is 19.1. The second kappa shape index (κ2) is 11.1. The van der Waals surface area contributed by atoms with Crippen LogP contribution in [0.4, 0.5) is 13.2 Å². The van der Waals surface area contributed by atoms with Crippen LogP contribution in [-0.2, 0) is 6.42 Å². The van der Waals surface area contributed by atoms with Crippen molar-refractivity contribution in [1.82, 2.24) is 0 Å². The number of rotatable bonds is 8. The molecule has 0 saturated carbocycles. The predicted molar refractivity (Wildman–Crippen MR) is 133 cm³/mol. The first kappa shape index (κ1) is 25.0. The molecule has 36 heavy (non-hydrogen) atoms. The summed E-state index contributed by atoms with van der Waals surface area (Å²) in [5.74, 6) is -4.03. The number of esters is 1. The molecule has 0 amide bonds. The highest BCUT2D eigenvalue weighted by Crippen LogP contribution is 2.28. The van der Waals surface area contributed by atoms with Gasteiger partial charge in [-0.15, -0.1) is 0 Å². The molecule has 4 aromatic rings. The van der Waals surface area contributed by atoms with Crippen LogP contribution in [-0.4, -0.2) is 12.6 Å². The van der Waals surface area contributed by atoms with Crippen LogP contribution in [0.1, 0.15) is 41.3 Å². The summed E-state index contributed by atoms with van der Waals surface area (Å²) in [4.78, 5) is 12.4. The first-order chi connectivity index (χ1) is 17.4. The molecule has 0 aliphatic heterocycles. The van der Waals surface area contributed by atoms with E-state index in [4.69, 9.17) is 9.47 Å². The Hall–Kier alpha value is -4.06. The van der Waals surface area contributed by atoms with Gasteiger partial charge < -0.3 is 9.47 Å². The van der Waals surface area contributed by atoms with Crippen molar-refractivity contribution in [2.75, 3.05) is 6.61 Å². The third kappa shape index (κ3) is 5.77. The summed E-state index contributed by atoms with van der Waals surface area (Å²) >= 11 is 0. The van der Waals surface area contributed by atoms with Gasteiger partial charge in [0.1, 0.15) is 22.9 Å². The normalized spacial score (nSPS) is 11.7. The predicted octanol–water partition coefficient (Wildman–Crippen LogP) is 7.74. The summed E-state index contributed by atoms with van der Waals surface area (Å²) in [5.41, 5.74) is 2.38. The molecule has 1 atom stereocenters. The van der Waals surface area contributed by atoms with Crippen molar-refractivity contribution in [3.8, 4) is 22.6 Å². The molecule has 0 aliphatic carbocycles. The summed E-state index contributed by atoms with van der Waals surface area (Å²) in [5, 5.41) is 0. The molecular formula is C30H25F3O3. The Morgan fingerprint density at radius 3 is 2.08 bits per heavy atom. The molecule has 0 radical (unpaired) electrons. The molecule has 0 bridgehead atoms. The molecule has 0 fully saturated rings. The largest absolute Gasteiger partial charge is 0.491 e. The van der Waals surface area contributed by atoms with E-state index in [-0.39, 0.29) is 23.7 Å². The van der Waals surface area contributed by atoms with E-state index in [1.54, 1.807) is 19.1 Å². The van der Waals surface area contributed by atoms with Crippen molar-refractivity contribution in [2.45, 2.75) is 26.2 Å². The molecule has 4 aromatic carbocycles. The molecule has 3 nitrogen and oxygen atoms in total. The lowest BCUT2D eigenvalue weighted by Crippen LogP contribution is -2.13. The van der Waals surface area contributed by atoms with E-state index in [1.807, 2.05) is 30.3 Å². The maximum absolute atomic E-state index is 14.8. The summed E-state index contributed by atoms with van der Waals surface area (Å²) in [6, 6.07) is 23.3. The number of ether oxygens (including phenoxy) is 2. The van der Waals surface area contributed by atoms with Gasteiger partial charge in [-0.1, -0.05) is 61.5 Å². The van der Waals surface area contributed by atoms with Crippen molar-refractivity contribution in [2.24, 2.45) is 0 Å². The van der Waals surface area contributed by atoms with Gasteiger partial charge in [-0.3, -0.25) is 0 Å². The lowest BCUT2D eigenvalue weighted by atomic mass is 9.93. The minimum Gasteiger partial charge on any atom is -0.491 e. The van der Waals surface area contributed by atoms with E-state index < -0.39 is 29.0 Å². The minimum absolute atomic E-state index is 0.0143. The average molecular weight is 491 g/mol. The van der Waals surface area contributed by atoms with Crippen LogP contribution in [0.5, 0.6) is 11.5 Å². The molecule has 4 rings (SSSR count). The van der Waals surface area contributed by atoms with Gasteiger partial charge in [-0.25, -0.2) is 18.0 Å². The maximum atomic E-state index is 14.8. The molecule has 0 heterocycles. The van der Waals surface area contributed by atoms with Gasteiger partial charge in [0.05, 0.1) is 6.61 Å². The van der Waals surface area contributed by atoms with Gasteiger partial charge >= 0.3 is 5.97 Å². The van der Waals surface area contributed by atoms with Gasteiger partial charge in [-0.2, -0.15) is 0 Å². The van der Waals surface area contributed by atoms with E-state index in [0.29, 0.717) is 11.5 Å². The number of carbonyl (C=O) groups is 1. The minimum atomic E-state index is -1.26. The van der Waals surface area contributed by atoms with Gasteiger partial charge in [-0.05, 0) is 65.8 Å². The molecule has 0 aromatic heterocycles. The standard InChI is InChI=1S/C30H25F3O3/c1-3-35-28-14-13-24(18-25(28)31)36-30(34)29-26(32)16-23(17-27(29)33)22-11-9-20(10-12-22)15-19(2)21-7-5-4-6-8-21/h4-14,16-19H,3,15H2,1-2H3/t19-/m1/s1. The second-order valence-corrected chi connectivity index (χ2v) is 8.44. The molecule has 0 unspecified atom stereocenters. The van der Waals surface area contributed by atoms with Gasteiger partial charge in [0.15, 0.2) is 11.6 Å². The van der Waals surface area contributed by atoms with Crippen LogP contribution in [0.3, 0.4) is 0 Å². The Kier molecular flexibility index (Phi) is 7.74. The average Bonchev–Trinajstić information content (AvgIpc) is 2.86. The molecule has 0 spiro atoms. The highest BCUT2D eigenvalue weighted by Gasteiger charge is 2.22. The zero-order valence-corrected chi connectivity index (χ0v) is 19.9. The highest BCUT2D eigenvalue weighted by molar-refractivity contribution is 5.92. The number of benzene rings is 4. The molecule has 6 heteroatoms. The van der Waals surface area contributed by atoms with Crippen molar-refractivity contribution >= 4 is 5.97 Å². The third-order valence-electron chi connectivity index (χ3n) is 5.86. The summed E-state index contributed by atoms with van der Waals surface area (Å²) < 4.78 is 53.7. The molecular weight excluding hydrogens is 465 g/mol. The number of halogens is 3. The fraction of sp³-hybridized carbons (Fsp3) is 0.167. The van der Waals surface area contributed by atoms with Gasteiger partial charge in [0.25, 0.3) is 0 Å². The van der Waals surface area contributed by atoms with Crippen LogP contribution in [0.25, 0.3) is 11.1 Å². The summed E-state index contributed by atoms with van der Waals surface area (Å²) in [6.07, 6.45) is 0.823. The van der Waals surface area contributed by atoms with Gasteiger partial charge in [0.2, 0.25) is 0 Å². The van der Waals surface area contributed by atoms with Crippen molar-refractivity contribution in [3.05, 3.63) is 119 Å². The van der Waals surface area contributed by atoms with E-state index >= 15 is 0 Å². The zero-order chi connectivity index (χ0) is 25.7. The first-order valence-electron chi connectivity index (χ1n) is 11.6. The van der Waals surface area contributed by atoms with Crippen LogP contribution in [0.15, 0.2) is 84.9 Å². The quantitative estimate of drug-likeness (QED) is 0.187. The molecule has 0 N–H and O–H groups in total. The third-order valence-corrected chi connectivity index (χ3v) is 5.86. The number of carbonyl (C=O) groups excluding carboxylic acids is 1. The van der Waals surface area contributed by atoms with E-state index in [2.05, 4.69) is 19.1 Å². The van der Waals surface area contributed by atoms with Crippen LogP contribution in [0, 0.1) is 17.5 Å². The number of hydrogen-bond donors (Lipinski definition) is 0. The fourth-order valence-corrected chi connectivity index (χ4v) is 4.00. The SMILES string of the molecule is CCOc1ccc(OC(=O)c2c(F)cc(-c3ccc(C[C@@H](C)c4ccccc4)cc3)cc2F)cc1F. The van der Waals surface area contributed by atoms with E-state index in [9.17, 15) is 18.0 Å². The van der Waals surface area contributed by atoms with Gasteiger partial charge in [0, 0.05) is 6.07 Å². The number of hydrogen-bond acceptors (Lipinski definition) is 3. The molecule has 0 aliphatic rings. The lowest BCUT2D eigenvalue weighted by Gasteiger charge is -2.13. The monoisotopic (exact) mass is 490 g/mol. The Morgan fingerprint density at radius 2 is 1.47 bits per heavy atom. The summed E-state index contributed by atoms with van der Waals surface area (Å²) in [6.45, 7) is 4.10. The lowest BCUT2D eigenvalue weighted by molar-refractivity contribution is 0.0724. The fourth-order valence-electron chi connectivity index (χ4n) is 4.00.